The molecule has 0 aromatic carbocycles. The van der Waals surface area contributed by atoms with E-state index < -0.39 is 0 Å². The van der Waals surface area contributed by atoms with Crippen LogP contribution in [0, 0.1) is 0 Å². The first kappa shape index (κ1) is 22.5. The summed E-state index contributed by atoms with van der Waals surface area (Å²) in [6.07, 6.45) is 28.4. The highest BCUT2D eigenvalue weighted by molar-refractivity contribution is 5.74. The van der Waals surface area contributed by atoms with Crippen LogP contribution in [0.3, 0.4) is 0 Å². The van der Waals surface area contributed by atoms with Gasteiger partial charge in [0, 0.05) is 11.7 Å². The van der Waals surface area contributed by atoms with Crippen LogP contribution in [0.25, 0.3) is 0 Å². The van der Waals surface area contributed by atoms with Crippen LogP contribution in [0.2, 0.25) is 0 Å². The molecular weight excluding hydrogens is 358 g/mol. The first-order valence-electron chi connectivity index (χ1n) is 12.9. The van der Waals surface area contributed by atoms with Crippen molar-refractivity contribution in [2.45, 2.75) is 141 Å². The molecule has 0 unspecified atom stereocenters. The summed E-state index contributed by atoms with van der Waals surface area (Å²) >= 11 is 0. The lowest BCUT2D eigenvalue weighted by molar-refractivity contribution is 0.187. The van der Waals surface area contributed by atoms with Crippen LogP contribution in [0.4, 0.5) is 0 Å². The number of hydroxylamine groups is 1. The summed E-state index contributed by atoms with van der Waals surface area (Å²) < 4.78 is 0. The van der Waals surface area contributed by atoms with Gasteiger partial charge < -0.3 is 10.2 Å². The van der Waals surface area contributed by atoms with Crippen molar-refractivity contribution in [2.75, 3.05) is 0 Å². The second-order valence-corrected chi connectivity index (χ2v) is 9.51. The van der Waals surface area contributed by atoms with Crippen molar-refractivity contribution in [1.82, 2.24) is 10.8 Å². The number of hydrogen-bond donors (Lipinski definition) is 2. The Morgan fingerprint density at radius 1 is 0.724 bits per heavy atom. The van der Waals surface area contributed by atoms with E-state index in [0.717, 1.165) is 18.9 Å². The number of hydrogen-bond acceptors (Lipinski definition) is 3. The first-order valence-corrected chi connectivity index (χ1v) is 12.9. The van der Waals surface area contributed by atoms with Gasteiger partial charge in [-0.3, -0.25) is 0 Å². The summed E-state index contributed by atoms with van der Waals surface area (Å²) in [7, 11) is 0. The molecule has 0 aromatic rings. The van der Waals surface area contributed by atoms with E-state index in [4.69, 9.17) is 9.83 Å². The summed E-state index contributed by atoms with van der Waals surface area (Å²) in [6.45, 7) is 0. The predicted molar refractivity (Wildman–Crippen MR) is 123 cm³/mol. The Kier molecular flexibility index (Phi) is 10.8. The van der Waals surface area contributed by atoms with Crippen molar-refractivity contribution in [3.63, 3.8) is 0 Å². The van der Waals surface area contributed by atoms with Gasteiger partial charge >= 0.3 is 6.02 Å². The van der Waals surface area contributed by atoms with Gasteiger partial charge in [-0.25, -0.2) is 10.5 Å². The van der Waals surface area contributed by atoms with Gasteiger partial charge in [-0.05, 0) is 51.4 Å². The van der Waals surface area contributed by atoms with Gasteiger partial charge in [-0.1, -0.05) is 83.1 Å². The van der Waals surface area contributed by atoms with E-state index in [1.165, 1.54) is 121 Å². The zero-order chi connectivity index (χ0) is 20.0. The van der Waals surface area contributed by atoms with Crippen molar-refractivity contribution in [2.24, 2.45) is 4.99 Å². The first-order chi connectivity index (χ1) is 14.4. The maximum atomic E-state index is 6.13. The van der Waals surface area contributed by atoms with Crippen molar-refractivity contribution >= 4 is 6.02 Å². The predicted octanol–water partition coefficient (Wildman–Crippen LogP) is 6.92. The Balaban J connectivity index is 1.55. The number of rotatable bonds is 4. The Labute approximate surface area is 179 Å². The van der Waals surface area contributed by atoms with Crippen LogP contribution in [0.5, 0.6) is 0 Å². The molecule has 0 aromatic heterocycles. The Bertz CT molecular complexity index is 490. The standard InChI is InChI=1S/C25H45N3O/c1-2-4-6-10-20-24(21-11-7-5-3-1)28-29-25(26-22-16-12-8-13-17-22)27-23-18-14-9-15-19-23/h20,22-23,28H,1-19,21H2,(H,26,27)/b24-20+. The van der Waals surface area contributed by atoms with Gasteiger partial charge in [0.15, 0.2) is 0 Å². The molecular formula is C25H45N3O. The van der Waals surface area contributed by atoms with E-state index in [2.05, 4.69) is 16.9 Å². The molecule has 0 amide bonds. The number of nitrogens with one attached hydrogen (secondary N) is 2. The molecule has 3 rings (SSSR count). The van der Waals surface area contributed by atoms with Crippen LogP contribution in [0.15, 0.2) is 16.8 Å². The molecule has 0 spiro atoms. The minimum absolute atomic E-state index is 0.432. The van der Waals surface area contributed by atoms with E-state index >= 15 is 0 Å². The minimum atomic E-state index is 0.432. The molecule has 3 aliphatic carbocycles. The maximum Gasteiger partial charge on any atom is 0.312 e. The largest absolute Gasteiger partial charge is 0.343 e. The molecule has 166 valence electrons. The van der Waals surface area contributed by atoms with Crippen LogP contribution < -0.4 is 10.8 Å². The topological polar surface area (TPSA) is 45.6 Å². The Morgan fingerprint density at radius 3 is 2.03 bits per heavy atom. The molecule has 29 heavy (non-hydrogen) atoms. The van der Waals surface area contributed by atoms with E-state index in [9.17, 15) is 0 Å². The molecule has 3 aliphatic rings. The quantitative estimate of drug-likeness (QED) is 0.304. The zero-order valence-corrected chi connectivity index (χ0v) is 18.7. The molecule has 2 N–H and O–H groups in total. The summed E-state index contributed by atoms with van der Waals surface area (Å²) in [6, 6.07) is 1.70. The lowest BCUT2D eigenvalue weighted by atomic mass is 9.95. The second-order valence-electron chi connectivity index (χ2n) is 9.51. The van der Waals surface area contributed by atoms with Gasteiger partial charge in [0.25, 0.3) is 0 Å². The fourth-order valence-electron chi connectivity index (χ4n) is 5.00. The molecule has 0 heterocycles. The smallest absolute Gasteiger partial charge is 0.312 e. The van der Waals surface area contributed by atoms with Crippen LogP contribution in [0.1, 0.15) is 128 Å². The van der Waals surface area contributed by atoms with Crippen molar-refractivity contribution in [1.29, 1.82) is 0 Å². The molecule has 4 nitrogen and oxygen atoms in total. The number of allylic oxidation sites excluding steroid dienone is 2. The van der Waals surface area contributed by atoms with Crippen LogP contribution >= 0.6 is 0 Å². The summed E-state index contributed by atoms with van der Waals surface area (Å²) in [5.41, 5.74) is 4.58. The number of nitrogens with zero attached hydrogens (tertiary/aromatic N) is 1. The molecule has 0 bridgehead atoms. The number of amidine groups is 1. The maximum absolute atomic E-state index is 6.13. The van der Waals surface area contributed by atoms with Crippen LogP contribution in [-0.2, 0) is 4.84 Å². The third kappa shape index (κ3) is 9.44. The highest BCUT2D eigenvalue weighted by Gasteiger charge is 2.19. The molecule has 2 saturated carbocycles. The van der Waals surface area contributed by atoms with Gasteiger partial charge in [0.2, 0.25) is 0 Å². The fourth-order valence-corrected chi connectivity index (χ4v) is 5.00. The molecule has 0 atom stereocenters. The van der Waals surface area contributed by atoms with E-state index in [1.54, 1.807) is 0 Å². The molecule has 0 saturated heterocycles. The Morgan fingerprint density at radius 2 is 1.31 bits per heavy atom. The molecule has 2 fully saturated rings. The third-order valence-corrected chi connectivity index (χ3v) is 6.88. The molecule has 0 radical (unpaired) electrons. The monoisotopic (exact) mass is 403 g/mol. The van der Waals surface area contributed by atoms with E-state index in [0.29, 0.717) is 12.1 Å². The third-order valence-electron chi connectivity index (χ3n) is 6.88. The second kappa shape index (κ2) is 13.9. The lowest BCUT2D eigenvalue weighted by Crippen LogP contribution is -2.41. The average Bonchev–Trinajstić information content (AvgIpc) is 2.75. The summed E-state index contributed by atoms with van der Waals surface area (Å²) in [5.74, 6) is 0. The summed E-state index contributed by atoms with van der Waals surface area (Å²) in [5, 5.41) is 3.65. The van der Waals surface area contributed by atoms with Gasteiger partial charge in [0.1, 0.15) is 0 Å². The van der Waals surface area contributed by atoms with E-state index in [-0.39, 0.29) is 0 Å². The van der Waals surface area contributed by atoms with Gasteiger partial charge in [-0.15, -0.1) is 0 Å². The highest BCUT2D eigenvalue weighted by atomic mass is 16.7. The SMILES string of the molecule is C1=C(/NOC(=NC2CCCCC2)NC2CCCCC2)CCCCCCCCCC/1. The molecule has 0 aliphatic heterocycles. The normalized spacial score (nSPS) is 26.5. The van der Waals surface area contributed by atoms with Crippen molar-refractivity contribution in [3.05, 3.63) is 11.8 Å². The Hall–Kier alpha value is -1.19. The lowest BCUT2D eigenvalue weighted by Gasteiger charge is -2.26. The van der Waals surface area contributed by atoms with Crippen molar-refractivity contribution in [3.8, 4) is 0 Å². The molecule has 4 heteroatoms. The van der Waals surface area contributed by atoms with Gasteiger partial charge in [0.05, 0.1) is 6.04 Å². The summed E-state index contributed by atoms with van der Waals surface area (Å²) in [4.78, 5) is 11.1. The number of aliphatic imine (C=N–C) groups is 1. The van der Waals surface area contributed by atoms with Gasteiger partial charge in [-0.2, -0.15) is 0 Å². The van der Waals surface area contributed by atoms with Crippen molar-refractivity contribution < 1.29 is 4.84 Å². The zero-order valence-electron chi connectivity index (χ0n) is 18.7. The fraction of sp³-hybridized carbons (Fsp3) is 0.880. The average molecular weight is 404 g/mol. The highest BCUT2D eigenvalue weighted by Crippen LogP contribution is 2.22. The van der Waals surface area contributed by atoms with Crippen LogP contribution in [-0.4, -0.2) is 18.1 Å². The minimum Gasteiger partial charge on any atom is -0.343 e. The van der Waals surface area contributed by atoms with E-state index in [1.807, 2.05) is 0 Å².